The van der Waals surface area contributed by atoms with E-state index in [9.17, 15) is 4.79 Å². The molecule has 0 spiro atoms. The Labute approximate surface area is 171 Å². The molecule has 0 aliphatic carbocycles. The Bertz CT molecular complexity index is 887. The Morgan fingerprint density at radius 3 is 2.31 bits per heavy atom. The SMILES string of the molecule is COc1ccccc1C(=O)Pc1ccc(Oc2ccccc2)cc1Cl.[LiH]. The summed E-state index contributed by atoms with van der Waals surface area (Å²) in [5.74, 6) is 1.94. The van der Waals surface area contributed by atoms with E-state index in [0.29, 0.717) is 22.1 Å². The van der Waals surface area contributed by atoms with E-state index in [1.807, 2.05) is 54.6 Å². The van der Waals surface area contributed by atoms with Crippen molar-refractivity contribution in [1.29, 1.82) is 0 Å². The van der Waals surface area contributed by atoms with E-state index in [1.165, 1.54) is 0 Å². The van der Waals surface area contributed by atoms with E-state index in [4.69, 9.17) is 21.1 Å². The van der Waals surface area contributed by atoms with Crippen LogP contribution in [0.5, 0.6) is 17.2 Å². The predicted octanol–water partition coefficient (Wildman–Crippen LogP) is 4.64. The molecule has 1 atom stereocenters. The molecule has 0 N–H and O–H groups in total. The Morgan fingerprint density at radius 2 is 1.62 bits per heavy atom. The van der Waals surface area contributed by atoms with E-state index in [2.05, 4.69) is 0 Å². The molecule has 0 aromatic heterocycles. The van der Waals surface area contributed by atoms with E-state index in [1.54, 1.807) is 25.3 Å². The monoisotopic (exact) mass is 378 g/mol. The topological polar surface area (TPSA) is 35.5 Å². The number of ether oxygens (including phenoxy) is 2. The minimum absolute atomic E-state index is 0. The van der Waals surface area contributed by atoms with Gasteiger partial charge in [0.2, 0.25) is 0 Å². The number of halogens is 1. The van der Waals surface area contributed by atoms with Gasteiger partial charge in [0.1, 0.15) is 17.2 Å². The summed E-state index contributed by atoms with van der Waals surface area (Å²) in [5, 5.41) is 1.29. The molecule has 0 saturated heterocycles. The third-order valence-corrected chi connectivity index (χ3v) is 5.19. The molecule has 0 saturated carbocycles. The fourth-order valence-corrected chi connectivity index (χ4v) is 3.56. The first-order valence-corrected chi connectivity index (χ1v) is 9.02. The van der Waals surface area contributed by atoms with Gasteiger partial charge in [-0.1, -0.05) is 41.9 Å². The van der Waals surface area contributed by atoms with Gasteiger partial charge < -0.3 is 9.47 Å². The molecule has 0 bridgehead atoms. The van der Waals surface area contributed by atoms with Gasteiger partial charge in [0.15, 0.2) is 5.52 Å². The molecule has 0 radical (unpaired) electrons. The van der Waals surface area contributed by atoms with Gasteiger partial charge in [0, 0.05) is 6.07 Å². The van der Waals surface area contributed by atoms with Crippen molar-refractivity contribution in [2.24, 2.45) is 0 Å². The van der Waals surface area contributed by atoms with Gasteiger partial charge in [-0.2, -0.15) is 0 Å². The molecule has 3 aromatic carbocycles. The van der Waals surface area contributed by atoms with E-state index in [-0.39, 0.29) is 33.0 Å². The van der Waals surface area contributed by atoms with Crippen molar-refractivity contribution >= 4 is 49.9 Å². The van der Waals surface area contributed by atoms with Crippen molar-refractivity contribution in [2.45, 2.75) is 0 Å². The summed E-state index contributed by atoms with van der Waals surface area (Å²) >= 11 is 6.34. The molecule has 6 heteroatoms. The van der Waals surface area contributed by atoms with Crippen molar-refractivity contribution in [2.75, 3.05) is 7.11 Å². The summed E-state index contributed by atoms with van der Waals surface area (Å²) in [6, 6.07) is 22.0. The molecule has 3 nitrogen and oxygen atoms in total. The Morgan fingerprint density at radius 1 is 0.923 bits per heavy atom. The number of rotatable bonds is 6. The van der Waals surface area contributed by atoms with Crippen LogP contribution in [0.2, 0.25) is 5.02 Å². The zero-order chi connectivity index (χ0) is 17.6. The van der Waals surface area contributed by atoms with Crippen LogP contribution in [0, 0.1) is 0 Å². The van der Waals surface area contributed by atoms with Crippen LogP contribution >= 0.6 is 20.2 Å². The molecule has 0 aliphatic heterocycles. The molecule has 0 heterocycles. The van der Waals surface area contributed by atoms with Gasteiger partial charge in [-0.15, -0.1) is 0 Å². The van der Waals surface area contributed by atoms with Gasteiger partial charge in [-0.3, -0.25) is 4.79 Å². The normalized spacial score (nSPS) is 10.4. The Balaban J connectivity index is 0.00000243. The number of benzene rings is 3. The van der Waals surface area contributed by atoms with Crippen LogP contribution in [0.3, 0.4) is 0 Å². The number of hydrogen-bond donors (Lipinski definition) is 0. The molecule has 0 fully saturated rings. The van der Waals surface area contributed by atoms with Crippen LogP contribution in [0.25, 0.3) is 0 Å². The third-order valence-electron chi connectivity index (χ3n) is 3.52. The maximum atomic E-state index is 12.6. The second kappa shape index (κ2) is 9.81. The van der Waals surface area contributed by atoms with Gasteiger partial charge in [0.05, 0.1) is 17.7 Å². The maximum absolute atomic E-state index is 12.6. The van der Waals surface area contributed by atoms with Crippen molar-refractivity contribution in [3.63, 3.8) is 0 Å². The summed E-state index contributed by atoms with van der Waals surface area (Å²) in [6.07, 6.45) is 0. The van der Waals surface area contributed by atoms with Crippen LogP contribution in [0.1, 0.15) is 10.4 Å². The van der Waals surface area contributed by atoms with Crippen molar-refractivity contribution in [3.8, 4) is 17.2 Å². The Hall–Kier alpha value is -1.75. The van der Waals surface area contributed by atoms with Crippen LogP contribution in [-0.2, 0) is 0 Å². The fourth-order valence-electron chi connectivity index (χ4n) is 2.31. The molecule has 0 aliphatic rings. The van der Waals surface area contributed by atoms with Crippen LogP contribution in [0.4, 0.5) is 0 Å². The molecule has 0 amide bonds. The second-order valence-corrected chi connectivity index (χ2v) is 6.86. The summed E-state index contributed by atoms with van der Waals surface area (Å²) < 4.78 is 11.0. The average Bonchev–Trinajstić information content (AvgIpc) is 2.64. The molecule has 3 rings (SSSR count). The summed E-state index contributed by atoms with van der Waals surface area (Å²) in [4.78, 5) is 12.6. The summed E-state index contributed by atoms with van der Waals surface area (Å²) in [5.41, 5.74) is 0.542. The second-order valence-electron chi connectivity index (χ2n) is 5.21. The van der Waals surface area contributed by atoms with Gasteiger partial charge >= 0.3 is 18.9 Å². The molecule has 26 heavy (non-hydrogen) atoms. The molecule has 1 unspecified atom stereocenters. The van der Waals surface area contributed by atoms with E-state index >= 15 is 0 Å². The number of carbonyl (C=O) groups is 1. The van der Waals surface area contributed by atoms with Gasteiger partial charge in [-0.25, -0.2) is 0 Å². The van der Waals surface area contributed by atoms with Crippen LogP contribution in [0.15, 0.2) is 72.8 Å². The number of hydrogen-bond acceptors (Lipinski definition) is 3. The standard InChI is InChI=1S/C20H16ClO3P.Li.H/c1-23-18-10-6-5-9-16(18)20(22)25-19-12-11-15(13-17(19)21)24-14-7-3-2-4-8-14;;/h2-13,25H,1H3;;. The summed E-state index contributed by atoms with van der Waals surface area (Å²) in [6.45, 7) is 0. The van der Waals surface area contributed by atoms with Crippen LogP contribution < -0.4 is 14.8 Å². The van der Waals surface area contributed by atoms with E-state index in [0.717, 1.165) is 11.1 Å². The first-order chi connectivity index (χ1) is 12.2. The van der Waals surface area contributed by atoms with Crippen molar-refractivity contribution in [3.05, 3.63) is 83.4 Å². The number of para-hydroxylation sites is 2. The van der Waals surface area contributed by atoms with Gasteiger partial charge in [0.25, 0.3) is 0 Å². The van der Waals surface area contributed by atoms with Gasteiger partial charge in [-0.05, 0) is 50.3 Å². The van der Waals surface area contributed by atoms with E-state index < -0.39 is 0 Å². The summed E-state index contributed by atoms with van der Waals surface area (Å²) in [7, 11) is 1.47. The number of carbonyl (C=O) groups excluding carboxylic acids is 1. The van der Waals surface area contributed by atoms with Crippen molar-refractivity contribution in [1.82, 2.24) is 0 Å². The molecular formula is C20H17ClLiO3P. The first kappa shape index (κ1) is 20.6. The third kappa shape index (κ3) is 5.13. The Kier molecular flexibility index (Phi) is 7.76. The zero-order valence-corrected chi connectivity index (χ0v) is 15.3. The quantitative estimate of drug-likeness (QED) is 0.463. The fraction of sp³-hybridized carbons (Fsp3) is 0.0500. The molecular weight excluding hydrogens is 362 g/mol. The number of methoxy groups -OCH3 is 1. The van der Waals surface area contributed by atoms with Crippen LogP contribution in [-0.4, -0.2) is 31.5 Å². The predicted molar refractivity (Wildman–Crippen MR) is 110 cm³/mol. The molecule has 3 aromatic rings. The zero-order valence-electron chi connectivity index (χ0n) is 13.5. The molecule has 128 valence electrons. The first-order valence-electron chi connectivity index (χ1n) is 7.64. The average molecular weight is 379 g/mol. The van der Waals surface area contributed by atoms with Crippen molar-refractivity contribution < 1.29 is 14.3 Å². The minimum atomic E-state index is -0.0882.